The van der Waals surface area contributed by atoms with E-state index in [1.165, 1.54) is 0 Å². The Labute approximate surface area is 143 Å². The SMILES string of the molecule is N[C@H]1C[C@@H](N2CC3C(=O)NC(=O)C3C2)CO[C@@H]1c1cc(F)ccc1F. The van der Waals surface area contributed by atoms with Crippen molar-refractivity contribution in [1.29, 1.82) is 0 Å². The zero-order chi connectivity index (χ0) is 17.7. The third kappa shape index (κ3) is 2.84. The van der Waals surface area contributed by atoms with Crippen molar-refractivity contribution < 1.29 is 23.1 Å². The molecule has 3 aliphatic heterocycles. The molecule has 1 aromatic carbocycles. The summed E-state index contributed by atoms with van der Waals surface area (Å²) in [6, 6.07) is 2.69. The normalized spacial score (nSPS) is 35.7. The minimum Gasteiger partial charge on any atom is -0.370 e. The summed E-state index contributed by atoms with van der Waals surface area (Å²) in [4.78, 5) is 25.6. The van der Waals surface area contributed by atoms with Crippen molar-refractivity contribution in [2.45, 2.75) is 24.6 Å². The Morgan fingerprint density at radius 2 is 1.84 bits per heavy atom. The second kappa shape index (κ2) is 6.12. The van der Waals surface area contributed by atoms with Gasteiger partial charge in [0.1, 0.15) is 17.7 Å². The maximum absolute atomic E-state index is 14.0. The van der Waals surface area contributed by atoms with Crippen LogP contribution in [-0.2, 0) is 14.3 Å². The fourth-order valence-corrected chi connectivity index (χ4v) is 4.12. The van der Waals surface area contributed by atoms with E-state index in [1.54, 1.807) is 0 Å². The molecule has 0 saturated carbocycles. The number of imide groups is 1. The average molecular weight is 351 g/mol. The Kier molecular flexibility index (Phi) is 4.05. The van der Waals surface area contributed by atoms with Crippen molar-refractivity contribution >= 4 is 11.8 Å². The van der Waals surface area contributed by atoms with Crippen LogP contribution in [0.3, 0.4) is 0 Å². The molecule has 134 valence electrons. The fourth-order valence-electron chi connectivity index (χ4n) is 4.12. The first-order valence-electron chi connectivity index (χ1n) is 8.35. The molecular weight excluding hydrogens is 332 g/mol. The van der Waals surface area contributed by atoms with Crippen LogP contribution in [0, 0.1) is 23.5 Å². The van der Waals surface area contributed by atoms with Crippen LogP contribution in [0.4, 0.5) is 8.78 Å². The first kappa shape index (κ1) is 16.6. The third-order valence-corrected chi connectivity index (χ3v) is 5.45. The lowest BCUT2D eigenvalue weighted by molar-refractivity contribution is -0.127. The summed E-state index contributed by atoms with van der Waals surface area (Å²) < 4.78 is 33.1. The van der Waals surface area contributed by atoms with E-state index in [9.17, 15) is 18.4 Å². The molecule has 0 spiro atoms. The van der Waals surface area contributed by atoms with Gasteiger partial charge in [-0.15, -0.1) is 0 Å². The van der Waals surface area contributed by atoms with Crippen LogP contribution < -0.4 is 11.1 Å². The number of hydrogen-bond donors (Lipinski definition) is 2. The summed E-state index contributed by atoms with van der Waals surface area (Å²) in [6.45, 7) is 1.27. The summed E-state index contributed by atoms with van der Waals surface area (Å²) in [5, 5.41) is 2.35. The predicted octanol–water partition coefficient (Wildman–Crippen LogP) is 0.326. The summed E-state index contributed by atoms with van der Waals surface area (Å²) in [5.41, 5.74) is 6.30. The molecule has 3 N–H and O–H groups in total. The van der Waals surface area contributed by atoms with Crippen molar-refractivity contribution in [2.24, 2.45) is 17.6 Å². The average Bonchev–Trinajstić information content (AvgIpc) is 3.12. The number of carbonyl (C=O) groups excluding carboxylic acids is 2. The van der Waals surface area contributed by atoms with Gasteiger partial charge in [0.05, 0.1) is 18.4 Å². The number of halogens is 2. The van der Waals surface area contributed by atoms with E-state index in [1.807, 2.05) is 4.90 Å². The molecule has 3 heterocycles. The smallest absolute Gasteiger partial charge is 0.231 e. The topological polar surface area (TPSA) is 84.7 Å². The lowest BCUT2D eigenvalue weighted by Crippen LogP contribution is -2.49. The van der Waals surface area contributed by atoms with E-state index >= 15 is 0 Å². The molecule has 2 amide bonds. The Bertz CT molecular complexity index is 707. The number of likely N-dealkylation sites (tertiary alicyclic amines) is 1. The molecule has 2 unspecified atom stereocenters. The second-order valence-electron chi connectivity index (χ2n) is 6.99. The van der Waals surface area contributed by atoms with Crippen molar-refractivity contribution in [3.8, 4) is 0 Å². The van der Waals surface area contributed by atoms with E-state index in [2.05, 4.69) is 5.32 Å². The van der Waals surface area contributed by atoms with Crippen LogP contribution in [0.2, 0.25) is 0 Å². The van der Waals surface area contributed by atoms with Crippen molar-refractivity contribution in [1.82, 2.24) is 10.2 Å². The number of nitrogens with zero attached hydrogens (tertiary/aromatic N) is 1. The van der Waals surface area contributed by atoms with Gasteiger partial charge in [0.15, 0.2) is 0 Å². The lowest BCUT2D eigenvalue weighted by Gasteiger charge is -2.39. The Hall–Kier alpha value is -1.90. The van der Waals surface area contributed by atoms with E-state index < -0.39 is 23.8 Å². The highest BCUT2D eigenvalue weighted by molar-refractivity contribution is 6.05. The number of hydrogen-bond acceptors (Lipinski definition) is 5. The third-order valence-electron chi connectivity index (χ3n) is 5.45. The maximum Gasteiger partial charge on any atom is 0.231 e. The molecule has 8 heteroatoms. The Morgan fingerprint density at radius 1 is 1.16 bits per heavy atom. The highest BCUT2D eigenvalue weighted by Crippen LogP contribution is 2.35. The number of rotatable bonds is 2. The number of fused-ring (bicyclic) bond motifs is 1. The van der Waals surface area contributed by atoms with Gasteiger partial charge in [-0.3, -0.25) is 19.8 Å². The summed E-state index contributed by atoms with van der Waals surface area (Å²) >= 11 is 0. The highest BCUT2D eigenvalue weighted by atomic mass is 19.1. The number of nitrogens with one attached hydrogen (secondary N) is 1. The monoisotopic (exact) mass is 351 g/mol. The molecule has 0 bridgehead atoms. The van der Waals surface area contributed by atoms with Crippen LogP contribution in [0.1, 0.15) is 18.1 Å². The molecule has 5 atom stereocenters. The van der Waals surface area contributed by atoms with Gasteiger partial charge in [-0.05, 0) is 24.6 Å². The molecule has 6 nitrogen and oxygen atoms in total. The van der Waals surface area contributed by atoms with Crippen molar-refractivity contribution in [3.05, 3.63) is 35.4 Å². The van der Waals surface area contributed by atoms with E-state index in [0.29, 0.717) is 26.1 Å². The summed E-state index contributed by atoms with van der Waals surface area (Å²) in [5.74, 6) is -2.16. The number of carbonyl (C=O) groups is 2. The van der Waals surface area contributed by atoms with Crippen LogP contribution in [0.15, 0.2) is 18.2 Å². The lowest BCUT2D eigenvalue weighted by atomic mass is 9.93. The number of amides is 2. The molecule has 0 aromatic heterocycles. The number of benzene rings is 1. The molecular formula is C17H19F2N3O3. The second-order valence-corrected chi connectivity index (χ2v) is 6.99. The number of ether oxygens (including phenoxy) is 1. The first-order valence-corrected chi connectivity index (χ1v) is 8.35. The van der Waals surface area contributed by atoms with Crippen LogP contribution in [-0.4, -0.2) is 48.5 Å². The largest absolute Gasteiger partial charge is 0.370 e. The molecule has 1 aromatic rings. The minimum atomic E-state index is -0.709. The Balaban J connectivity index is 1.45. The molecule has 0 aliphatic carbocycles. The molecule has 0 radical (unpaired) electrons. The molecule has 25 heavy (non-hydrogen) atoms. The van der Waals surface area contributed by atoms with E-state index in [0.717, 1.165) is 18.2 Å². The van der Waals surface area contributed by atoms with Crippen molar-refractivity contribution in [3.63, 3.8) is 0 Å². The van der Waals surface area contributed by atoms with Crippen LogP contribution in [0.25, 0.3) is 0 Å². The maximum atomic E-state index is 14.0. The molecule has 4 rings (SSSR count). The van der Waals surface area contributed by atoms with Gasteiger partial charge in [0.2, 0.25) is 11.8 Å². The zero-order valence-corrected chi connectivity index (χ0v) is 13.5. The van der Waals surface area contributed by atoms with E-state index in [-0.39, 0.29) is 35.3 Å². The fraction of sp³-hybridized carbons (Fsp3) is 0.529. The van der Waals surface area contributed by atoms with Crippen LogP contribution >= 0.6 is 0 Å². The predicted molar refractivity (Wildman–Crippen MR) is 83.1 cm³/mol. The quantitative estimate of drug-likeness (QED) is 0.750. The summed E-state index contributed by atoms with van der Waals surface area (Å²) in [7, 11) is 0. The number of nitrogens with two attached hydrogens (primary N) is 1. The standard InChI is InChI=1S/C17H19F2N3O3/c18-8-1-2-13(19)10(3-8)15-14(20)4-9(7-25-15)22-5-11-12(6-22)17(24)21-16(11)23/h1-3,9,11-12,14-15H,4-7,20H2,(H,21,23,24)/t9-,11?,12?,14+,15-/m1/s1. The van der Waals surface area contributed by atoms with Gasteiger partial charge >= 0.3 is 0 Å². The van der Waals surface area contributed by atoms with E-state index in [4.69, 9.17) is 10.5 Å². The van der Waals surface area contributed by atoms with Gasteiger partial charge in [-0.2, -0.15) is 0 Å². The van der Waals surface area contributed by atoms with Gasteiger partial charge in [0, 0.05) is 30.7 Å². The van der Waals surface area contributed by atoms with Gasteiger partial charge in [0.25, 0.3) is 0 Å². The molecule has 3 fully saturated rings. The first-order chi connectivity index (χ1) is 11.9. The minimum absolute atomic E-state index is 0.0472. The van der Waals surface area contributed by atoms with Gasteiger partial charge in [-0.25, -0.2) is 8.78 Å². The van der Waals surface area contributed by atoms with Gasteiger partial charge < -0.3 is 10.5 Å². The molecule has 3 saturated heterocycles. The Morgan fingerprint density at radius 3 is 2.48 bits per heavy atom. The molecule has 3 aliphatic rings. The van der Waals surface area contributed by atoms with Gasteiger partial charge in [-0.1, -0.05) is 0 Å². The van der Waals surface area contributed by atoms with Crippen molar-refractivity contribution in [2.75, 3.05) is 19.7 Å². The zero-order valence-electron chi connectivity index (χ0n) is 13.5. The summed E-state index contributed by atoms with van der Waals surface area (Å²) in [6.07, 6.45) is -0.186. The van der Waals surface area contributed by atoms with Crippen LogP contribution in [0.5, 0.6) is 0 Å². The highest BCUT2D eigenvalue weighted by Gasteiger charge is 2.50.